The fourth-order valence-corrected chi connectivity index (χ4v) is 4.96. The number of fused-ring (bicyclic) bond motifs is 2. The van der Waals surface area contributed by atoms with Gasteiger partial charge < -0.3 is 5.32 Å². The maximum atomic E-state index is 3.71. The van der Waals surface area contributed by atoms with Gasteiger partial charge in [-0.1, -0.05) is 26.3 Å². The molecule has 0 amide bonds. The Bertz CT molecular complexity index is 441. The van der Waals surface area contributed by atoms with Gasteiger partial charge in [0.25, 0.3) is 0 Å². The fraction of sp³-hybridized carbons (Fsp3) is 0.625. The molecule has 1 heterocycles. The molecule has 2 heteroatoms. The topological polar surface area (TPSA) is 12.0 Å². The van der Waals surface area contributed by atoms with Crippen molar-refractivity contribution in [1.82, 2.24) is 5.32 Å². The average Bonchev–Trinajstić information content (AvgIpc) is 2.93. The van der Waals surface area contributed by atoms with Crippen molar-refractivity contribution in [3.05, 3.63) is 28.8 Å². The molecule has 0 fully saturated rings. The minimum absolute atomic E-state index is 0.584. The van der Waals surface area contributed by atoms with E-state index >= 15 is 0 Å². The van der Waals surface area contributed by atoms with Crippen molar-refractivity contribution in [2.75, 3.05) is 6.54 Å². The quantitative estimate of drug-likeness (QED) is 0.875. The predicted octanol–water partition coefficient (Wildman–Crippen LogP) is 4.10. The third-order valence-corrected chi connectivity index (χ3v) is 5.62. The first-order chi connectivity index (χ1) is 8.83. The highest BCUT2D eigenvalue weighted by molar-refractivity contribution is 8.00. The van der Waals surface area contributed by atoms with E-state index in [0.717, 1.165) is 11.8 Å². The molecule has 0 saturated carbocycles. The van der Waals surface area contributed by atoms with Crippen LogP contribution in [0.5, 0.6) is 0 Å². The van der Waals surface area contributed by atoms with Crippen molar-refractivity contribution in [1.29, 1.82) is 0 Å². The number of aryl methyl sites for hydroxylation is 2. The van der Waals surface area contributed by atoms with Crippen molar-refractivity contribution in [3.8, 4) is 0 Å². The number of rotatable bonds is 4. The number of thioether (sulfide) groups is 1. The smallest absolute Gasteiger partial charge is 0.0455 e. The van der Waals surface area contributed by atoms with Gasteiger partial charge in [0.1, 0.15) is 0 Å². The number of nitrogens with one attached hydrogen (secondary N) is 1. The summed E-state index contributed by atoms with van der Waals surface area (Å²) in [6.45, 7) is 5.59. The molecule has 0 radical (unpaired) electrons. The van der Waals surface area contributed by atoms with E-state index < -0.39 is 0 Å². The monoisotopic (exact) mass is 261 g/mol. The van der Waals surface area contributed by atoms with Crippen molar-refractivity contribution in [2.24, 2.45) is 0 Å². The Labute approximate surface area is 115 Å². The Hall–Kier alpha value is -0.470. The van der Waals surface area contributed by atoms with Gasteiger partial charge in [-0.05, 0) is 55.0 Å². The summed E-state index contributed by atoms with van der Waals surface area (Å²) in [4.78, 5) is 1.56. The minimum Gasteiger partial charge on any atom is -0.309 e. The van der Waals surface area contributed by atoms with E-state index in [1.54, 1.807) is 21.6 Å². The molecule has 18 heavy (non-hydrogen) atoms. The fourth-order valence-electron chi connectivity index (χ4n) is 3.37. The second-order valence-electron chi connectivity index (χ2n) is 5.49. The first-order valence-electron chi connectivity index (χ1n) is 7.39. The molecule has 1 N–H and O–H groups in total. The second-order valence-corrected chi connectivity index (χ2v) is 6.77. The average molecular weight is 261 g/mol. The molecule has 1 aromatic carbocycles. The van der Waals surface area contributed by atoms with Crippen molar-refractivity contribution in [3.63, 3.8) is 0 Å². The lowest BCUT2D eigenvalue weighted by Gasteiger charge is -2.20. The maximum Gasteiger partial charge on any atom is 0.0455 e. The van der Waals surface area contributed by atoms with Crippen LogP contribution in [0.1, 0.15) is 55.8 Å². The Morgan fingerprint density at radius 3 is 2.72 bits per heavy atom. The van der Waals surface area contributed by atoms with Crippen LogP contribution >= 0.6 is 11.8 Å². The van der Waals surface area contributed by atoms with Gasteiger partial charge in [-0.15, -0.1) is 11.8 Å². The Kier molecular flexibility index (Phi) is 3.67. The number of benzene rings is 1. The summed E-state index contributed by atoms with van der Waals surface area (Å²) in [6.07, 6.45) is 6.56. The maximum absolute atomic E-state index is 3.71. The molecular formula is C16H23NS. The molecule has 1 aromatic rings. The first-order valence-corrected chi connectivity index (χ1v) is 8.27. The van der Waals surface area contributed by atoms with Gasteiger partial charge in [0.2, 0.25) is 0 Å². The van der Waals surface area contributed by atoms with Crippen LogP contribution in [0.4, 0.5) is 0 Å². The van der Waals surface area contributed by atoms with E-state index in [9.17, 15) is 0 Å². The van der Waals surface area contributed by atoms with Crippen LogP contribution in [0.15, 0.2) is 17.0 Å². The highest BCUT2D eigenvalue weighted by Crippen LogP contribution is 2.47. The Morgan fingerprint density at radius 1 is 1.22 bits per heavy atom. The molecule has 0 bridgehead atoms. The van der Waals surface area contributed by atoms with Gasteiger partial charge in [0.05, 0.1) is 0 Å². The molecule has 3 rings (SSSR count). The molecular weight excluding hydrogens is 238 g/mol. The molecule has 2 aliphatic rings. The molecule has 2 atom stereocenters. The lowest BCUT2D eigenvalue weighted by Crippen LogP contribution is -2.27. The van der Waals surface area contributed by atoms with Gasteiger partial charge in [-0.25, -0.2) is 0 Å². The molecule has 1 nitrogen and oxygen atoms in total. The van der Waals surface area contributed by atoms with Gasteiger partial charge in [-0.3, -0.25) is 0 Å². The number of hydrogen-bond acceptors (Lipinski definition) is 2. The summed E-state index contributed by atoms with van der Waals surface area (Å²) in [5, 5.41) is 4.45. The highest BCUT2D eigenvalue weighted by Gasteiger charge is 2.33. The Balaban J connectivity index is 1.93. The van der Waals surface area contributed by atoms with Gasteiger partial charge in [0.15, 0.2) is 0 Å². The normalized spacial score (nSPS) is 25.2. The molecule has 1 aliphatic carbocycles. The van der Waals surface area contributed by atoms with Gasteiger partial charge >= 0.3 is 0 Å². The zero-order chi connectivity index (χ0) is 12.5. The zero-order valence-corrected chi connectivity index (χ0v) is 12.3. The van der Waals surface area contributed by atoms with Crippen molar-refractivity contribution < 1.29 is 0 Å². The van der Waals surface area contributed by atoms with E-state index in [4.69, 9.17) is 0 Å². The third-order valence-electron chi connectivity index (χ3n) is 4.21. The van der Waals surface area contributed by atoms with Crippen LogP contribution < -0.4 is 5.32 Å². The van der Waals surface area contributed by atoms with Crippen LogP contribution in [-0.4, -0.2) is 11.8 Å². The van der Waals surface area contributed by atoms with Gasteiger partial charge in [0, 0.05) is 16.2 Å². The molecule has 1 aliphatic heterocycles. The lowest BCUT2D eigenvalue weighted by molar-refractivity contribution is 0.513. The summed E-state index contributed by atoms with van der Waals surface area (Å²) in [5.41, 5.74) is 4.82. The molecule has 0 spiro atoms. The first kappa shape index (κ1) is 12.6. The summed E-state index contributed by atoms with van der Waals surface area (Å²) in [6, 6.07) is 5.58. The van der Waals surface area contributed by atoms with Crippen LogP contribution in [0.3, 0.4) is 0 Å². The minimum atomic E-state index is 0.584. The van der Waals surface area contributed by atoms with Crippen LogP contribution in [0, 0.1) is 0 Å². The summed E-state index contributed by atoms with van der Waals surface area (Å²) in [5.74, 6) is 0. The van der Waals surface area contributed by atoms with Crippen LogP contribution in [0.25, 0.3) is 0 Å². The van der Waals surface area contributed by atoms with E-state index in [2.05, 4.69) is 43.1 Å². The van der Waals surface area contributed by atoms with E-state index in [0.29, 0.717) is 6.04 Å². The summed E-state index contributed by atoms with van der Waals surface area (Å²) < 4.78 is 0. The Morgan fingerprint density at radius 2 is 2.00 bits per heavy atom. The van der Waals surface area contributed by atoms with Crippen LogP contribution in [-0.2, 0) is 12.8 Å². The molecule has 0 saturated heterocycles. The molecule has 0 aromatic heterocycles. The standard InChI is InChI=1S/C16H23NS/c1-3-6-14-16(17-4-2)13-9-11-7-5-8-12(11)10-15(13)18-14/h9-10,14,16-17H,3-8H2,1-2H3. The zero-order valence-electron chi connectivity index (χ0n) is 11.5. The highest BCUT2D eigenvalue weighted by atomic mass is 32.2. The SMILES string of the molecule is CCCC1Sc2cc3c(cc2C1NCC)CCC3. The third kappa shape index (κ3) is 2.10. The summed E-state index contributed by atoms with van der Waals surface area (Å²) in [7, 11) is 0. The predicted molar refractivity (Wildman–Crippen MR) is 79.4 cm³/mol. The summed E-state index contributed by atoms with van der Waals surface area (Å²) >= 11 is 2.11. The van der Waals surface area contributed by atoms with Crippen molar-refractivity contribution >= 4 is 11.8 Å². The van der Waals surface area contributed by atoms with Gasteiger partial charge in [-0.2, -0.15) is 0 Å². The van der Waals surface area contributed by atoms with Crippen molar-refractivity contribution in [2.45, 2.75) is 62.1 Å². The largest absolute Gasteiger partial charge is 0.309 e. The second kappa shape index (κ2) is 5.26. The van der Waals surface area contributed by atoms with E-state index in [-0.39, 0.29) is 0 Å². The molecule has 98 valence electrons. The number of hydrogen-bond donors (Lipinski definition) is 1. The van der Waals surface area contributed by atoms with E-state index in [1.807, 2.05) is 0 Å². The lowest BCUT2D eigenvalue weighted by atomic mass is 9.97. The van der Waals surface area contributed by atoms with Crippen LogP contribution in [0.2, 0.25) is 0 Å². The molecule has 2 unspecified atom stereocenters. The van der Waals surface area contributed by atoms with E-state index in [1.165, 1.54) is 32.1 Å².